The maximum absolute atomic E-state index is 9.28. The van der Waals surface area contributed by atoms with Gasteiger partial charge in [0.15, 0.2) is 0 Å². The molecule has 1 aromatic rings. The van der Waals surface area contributed by atoms with E-state index >= 15 is 0 Å². The molecule has 0 radical (unpaired) electrons. The molecule has 0 atom stereocenters. The van der Waals surface area contributed by atoms with Crippen LogP contribution in [-0.2, 0) is 6.54 Å². The molecule has 0 saturated heterocycles. The van der Waals surface area contributed by atoms with Crippen molar-refractivity contribution in [2.45, 2.75) is 44.7 Å². The third kappa shape index (κ3) is 3.91. The Kier molecular flexibility index (Phi) is 5.61. The van der Waals surface area contributed by atoms with Gasteiger partial charge in [0, 0.05) is 30.9 Å². The van der Waals surface area contributed by atoms with Crippen molar-refractivity contribution in [3.63, 3.8) is 0 Å². The molecule has 4 heteroatoms. The number of aromatic nitrogens is 1. The summed E-state index contributed by atoms with van der Waals surface area (Å²) in [6.07, 6.45) is 8.18. The number of methoxy groups -OCH3 is 1. The van der Waals surface area contributed by atoms with E-state index < -0.39 is 0 Å². The van der Waals surface area contributed by atoms with Gasteiger partial charge in [-0.2, -0.15) is 0 Å². The van der Waals surface area contributed by atoms with Gasteiger partial charge in [-0.05, 0) is 18.9 Å². The van der Waals surface area contributed by atoms with Gasteiger partial charge in [0.1, 0.15) is 0 Å². The molecule has 106 valence electrons. The van der Waals surface area contributed by atoms with Crippen LogP contribution in [0.4, 0.5) is 0 Å². The van der Waals surface area contributed by atoms with E-state index in [1.165, 1.54) is 32.1 Å². The van der Waals surface area contributed by atoms with Crippen molar-refractivity contribution in [2.24, 2.45) is 0 Å². The Morgan fingerprint density at radius 2 is 2.16 bits per heavy atom. The SMILES string of the molecule is COc1ncccc1CN(CCO)C1CCCCC1. The molecular weight excluding hydrogens is 240 g/mol. The smallest absolute Gasteiger partial charge is 0.217 e. The summed E-state index contributed by atoms with van der Waals surface area (Å²) in [5.74, 6) is 0.696. The van der Waals surface area contributed by atoms with Crippen LogP contribution in [0, 0.1) is 0 Å². The summed E-state index contributed by atoms with van der Waals surface area (Å²) in [7, 11) is 1.66. The first-order chi connectivity index (χ1) is 9.35. The highest BCUT2D eigenvalue weighted by Crippen LogP contribution is 2.25. The zero-order valence-electron chi connectivity index (χ0n) is 11.7. The lowest BCUT2D eigenvalue weighted by Gasteiger charge is -2.34. The molecule has 0 aromatic carbocycles. The molecule has 1 saturated carbocycles. The third-order valence-electron chi connectivity index (χ3n) is 3.90. The summed E-state index contributed by atoms with van der Waals surface area (Å²) in [6, 6.07) is 4.58. The number of pyridine rings is 1. The Bertz CT molecular complexity index is 378. The fourth-order valence-electron chi connectivity index (χ4n) is 2.91. The van der Waals surface area contributed by atoms with E-state index in [1.54, 1.807) is 13.3 Å². The van der Waals surface area contributed by atoms with Gasteiger partial charge in [-0.3, -0.25) is 4.90 Å². The number of ether oxygens (including phenoxy) is 1. The van der Waals surface area contributed by atoms with Crippen LogP contribution in [0.3, 0.4) is 0 Å². The van der Waals surface area contributed by atoms with E-state index in [0.29, 0.717) is 11.9 Å². The van der Waals surface area contributed by atoms with E-state index in [0.717, 1.165) is 18.7 Å². The number of nitrogens with zero attached hydrogens (tertiary/aromatic N) is 2. The van der Waals surface area contributed by atoms with Crippen LogP contribution in [0.2, 0.25) is 0 Å². The molecule has 1 aromatic heterocycles. The normalized spacial score (nSPS) is 16.8. The fourth-order valence-corrected chi connectivity index (χ4v) is 2.91. The first kappa shape index (κ1) is 14.3. The highest BCUT2D eigenvalue weighted by molar-refractivity contribution is 5.25. The van der Waals surface area contributed by atoms with Gasteiger partial charge in [-0.15, -0.1) is 0 Å². The minimum Gasteiger partial charge on any atom is -0.481 e. The molecule has 0 aliphatic heterocycles. The molecule has 19 heavy (non-hydrogen) atoms. The lowest BCUT2D eigenvalue weighted by Crippen LogP contribution is -2.38. The molecule has 1 heterocycles. The number of aliphatic hydroxyl groups excluding tert-OH is 1. The second-order valence-electron chi connectivity index (χ2n) is 5.16. The summed E-state index contributed by atoms with van der Waals surface area (Å²) in [6.45, 7) is 1.74. The fraction of sp³-hybridized carbons (Fsp3) is 0.667. The average Bonchev–Trinajstić information content (AvgIpc) is 2.48. The summed E-state index contributed by atoms with van der Waals surface area (Å²) < 4.78 is 5.31. The largest absolute Gasteiger partial charge is 0.481 e. The molecular formula is C15H24N2O2. The van der Waals surface area contributed by atoms with Crippen molar-refractivity contribution in [3.05, 3.63) is 23.9 Å². The van der Waals surface area contributed by atoms with Crippen molar-refractivity contribution in [1.82, 2.24) is 9.88 Å². The van der Waals surface area contributed by atoms with Crippen LogP contribution >= 0.6 is 0 Å². The van der Waals surface area contributed by atoms with Crippen LogP contribution < -0.4 is 4.74 Å². The molecule has 2 rings (SSSR count). The zero-order chi connectivity index (χ0) is 13.5. The molecule has 1 aliphatic carbocycles. The maximum atomic E-state index is 9.28. The number of aliphatic hydroxyl groups is 1. The predicted molar refractivity (Wildman–Crippen MR) is 75.2 cm³/mol. The molecule has 0 amide bonds. The first-order valence-electron chi connectivity index (χ1n) is 7.18. The van der Waals surface area contributed by atoms with E-state index in [9.17, 15) is 5.11 Å². The Morgan fingerprint density at radius 3 is 2.84 bits per heavy atom. The van der Waals surface area contributed by atoms with Gasteiger partial charge in [0.05, 0.1) is 13.7 Å². The number of rotatable bonds is 6. The van der Waals surface area contributed by atoms with Crippen LogP contribution in [0.5, 0.6) is 5.88 Å². The monoisotopic (exact) mass is 264 g/mol. The summed E-state index contributed by atoms with van der Waals surface area (Å²) in [5.41, 5.74) is 1.10. The van der Waals surface area contributed by atoms with E-state index in [4.69, 9.17) is 4.74 Å². The Morgan fingerprint density at radius 1 is 1.37 bits per heavy atom. The standard InChI is InChI=1S/C15H24N2O2/c1-19-15-13(6-5-9-16-15)12-17(10-11-18)14-7-3-2-4-8-14/h5-6,9,14,18H,2-4,7-8,10-12H2,1H3. The summed E-state index contributed by atoms with van der Waals surface area (Å²) in [4.78, 5) is 6.62. The third-order valence-corrected chi connectivity index (χ3v) is 3.90. The van der Waals surface area contributed by atoms with Crippen LogP contribution in [-0.4, -0.2) is 41.3 Å². The van der Waals surface area contributed by atoms with Gasteiger partial charge in [-0.25, -0.2) is 4.98 Å². The lowest BCUT2D eigenvalue weighted by molar-refractivity contribution is 0.116. The van der Waals surface area contributed by atoms with E-state index in [-0.39, 0.29) is 6.61 Å². The number of hydrogen-bond donors (Lipinski definition) is 1. The van der Waals surface area contributed by atoms with Crippen LogP contribution in [0.1, 0.15) is 37.7 Å². The highest BCUT2D eigenvalue weighted by atomic mass is 16.5. The van der Waals surface area contributed by atoms with Crippen molar-refractivity contribution >= 4 is 0 Å². The van der Waals surface area contributed by atoms with E-state index in [1.807, 2.05) is 6.07 Å². The van der Waals surface area contributed by atoms with Gasteiger partial charge < -0.3 is 9.84 Å². The first-order valence-corrected chi connectivity index (χ1v) is 7.18. The van der Waals surface area contributed by atoms with Gasteiger partial charge >= 0.3 is 0 Å². The Hall–Kier alpha value is -1.13. The molecule has 1 aliphatic rings. The van der Waals surface area contributed by atoms with Crippen molar-refractivity contribution < 1.29 is 9.84 Å². The van der Waals surface area contributed by atoms with Crippen LogP contribution in [0.15, 0.2) is 18.3 Å². The highest BCUT2D eigenvalue weighted by Gasteiger charge is 2.21. The predicted octanol–water partition coefficient (Wildman–Crippen LogP) is 2.22. The quantitative estimate of drug-likeness (QED) is 0.855. The lowest BCUT2D eigenvalue weighted by atomic mass is 9.94. The van der Waals surface area contributed by atoms with Crippen molar-refractivity contribution in [2.75, 3.05) is 20.3 Å². The van der Waals surface area contributed by atoms with Crippen molar-refractivity contribution in [3.8, 4) is 5.88 Å². The van der Waals surface area contributed by atoms with Crippen molar-refractivity contribution in [1.29, 1.82) is 0 Å². The second-order valence-corrected chi connectivity index (χ2v) is 5.16. The molecule has 1 N–H and O–H groups in total. The molecule has 0 spiro atoms. The topological polar surface area (TPSA) is 45.6 Å². The molecule has 0 bridgehead atoms. The van der Waals surface area contributed by atoms with Gasteiger partial charge in [0.25, 0.3) is 0 Å². The Balaban J connectivity index is 2.06. The molecule has 0 unspecified atom stereocenters. The zero-order valence-corrected chi connectivity index (χ0v) is 11.7. The summed E-state index contributed by atoms with van der Waals surface area (Å²) in [5, 5.41) is 9.28. The molecule has 1 fully saturated rings. The minimum atomic E-state index is 0.207. The van der Waals surface area contributed by atoms with Gasteiger partial charge in [0.2, 0.25) is 5.88 Å². The minimum absolute atomic E-state index is 0.207. The number of hydrogen-bond acceptors (Lipinski definition) is 4. The summed E-state index contributed by atoms with van der Waals surface area (Å²) >= 11 is 0. The maximum Gasteiger partial charge on any atom is 0.217 e. The average molecular weight is 264 g/mol. The van der Waals surface area contributed by atoms with Gasteiger partial charge in [-0.1, -0.05) is 25.3 Å². The Labute approximate surface area is 115 Å². The molecule has 4 nitrogen and oxygen atoms in total. The van der Waals surface area contributed by atoms with E-state index in [2.05, 4.69) is 16.0 Å². The second kappa shape index (κ2) is 7.46. The van der Waals surface area contributed by atoms with Crippen LogP contribution in [0.25, 0.3) is 0 Å².